The lowest BCUT2D eigenvalue weighted by atomic mass is 10.1. The number of rotatable bonds is 2. The van der Waals surface area contributed by atoms with Crippen molar-refractivity contribution < 1.29 is 0 Å². The van der Waals surface area contributed by atoms with E-state index >= 15 is 0 Å². The first-order chi connectivity index (χ1) is 8.51. The van der Waals surface area contributed by atoms with Crippen molar-refractivity contribution in [2.75, 3.05) is 5.32 Å². The third-order valence-corrected chi connectivity index (χ3v) is 2.19. The van der Waals surface area contributed by atoms with Crippen LogP contribution in [0.2, 0.25) is 0 Å². The second kappa shape index (κ2) is 6.59. The first kappa shape index (κ1) is 14.0. The molecule has 4 heteroatoms. The lowest BCUT2D eigenvalue weighted by Gasteiger charge is -2.07. The van der Waals surface area contributed by atoms with E-state index in [1.165, 1.54) is 11.1 Å². The Morgan fingerprint density at radius 3 is 2.39 bits per heavy atom. The second-order valence-corrected chi connectivity index (χ2v) is 4.16. The van der Waals surface area contributed by atoms with E-state index in [1.54, 1.807) is 13.1 Å². The SMILES string of the molecule is CC=CN=C(C)N=C(N)Nc1cc(C)cc(C)c1. The Labute approximate surface area is 108 Å². The number of anilines is 1. The van der Waals surface area contributed by atoms with Gasteiger partial charge in [-0.05, 0) is 51.0 Å². The van der Waals surface area contributed by atoms with Gasteiger partial charge in [0.2, 0.25) is 0 Å². The van der Waals surface area contributed by atoms with Crippen LogP contribution in [-0.4, -0.2) is 11.8 Å². The smallest absolute Gasteiger partial charge is 0.199 e. The van der Waals surface area contributed by atoms with Crippen LogP contribution >= 0.6 is 0 Å². The van der Waals surface area contributed by atoms with Crippen molar-refractivity contribution in [1.29, 1.82) is 0 Å². The molecule has 4 nitrogen and oxygen atoms in total. The van der Waals surface area contributed by atoms with Crippen molar-refractivity contribution in [2.45, 2.75) is 27.7 Å². The summed E-state index contributed by atoms with van der Waals surface area (Å²) in [7, 11) is 0. The van der Waals surface area contributed by atoms with Gasteiger partial charge in [-0.15, -0.1) is 0 Å². The number of hydrogen-bond acceptors (Lipinski definition) is 1. The quantitative estimate of drug-likeness (QED) is 0.620. The third kappa shape index (κ3) is 4.82. The van der Waals surface area contributed by atoms with Gasteiger partial charge in [0.25, 0.3) is 0 Å². The Morgan fingerprint density at radius 2 is 1.83 bits per heavy atom. The van der Waals surface area contributed by atoms with Gasteiger partial charge >= 0.3 is 0 Å². The summed E-state index contributed by atoms with van der Waals surface area (Å²) in [5.41, 5.74) is 9.12. The molecule has 0 aliphatic carbocycles. The maximum absolute atomic E-state index is 5.81. The Bertz CT molecular complexity index is 478. The van der Waals surface area contributed by atoms with Crippen LogP contribution in [0.25, 0.3) is 0 Å². The summed E-state index contributed by atoms with van der Waals surface area (Å²) in [5.74, 6) is 0.952. The fourth-order valence-electron chi connectivity index (χ4n) is 1.61. The molecule has 0 spiro atoms. The van der Waals surface area contributed by atoms with Gasteiger partial charge in [-0.1, -0.05) is 12.1 Å². The van der Waals surface area contributed by atoms with Crippen molar-refractivity contribution in [2.24, 2.45) is 15.7 Å². The molecule has 0 bridgehead atoms. The average Bonchev–Trinajstić information content (AvgIpc) is 2.24. The first-order valence-electron chi connectivity index (χ1n) is 5.86. The van der Waals surface area contributed by atoms with Crippen molar-refractivity contribution in [3.05, 3.63) is 41.6 Å². The van der Waals surface area contributed by atoms with E-state index in [0.29, 0.717) is 11.8 Å². The molecule has 0 fully saturated rings. The maximum Gasteiger partial charge on any atom is 0.199 e. The monoisotopic (exact) mass is 244 g/mol. The van der Waals surface area contributed by atoms with Crippen LogP contribution in [0.3, 0.4) is 0 Å². The molecule has 0 amide bonds. The van der Waals surface area contributed by atoms with Crippen LogP contribution in [0.4, 0.5) is 5.69 Å². The van der Waals surface area contributed by atoms with E-state index in [9.17, 15) is 0 Å². The highest BCUT2D eigenvalue weighted by Gasteiger charge is 1.98. The minimum atomic E-state index is 0.339. The number of aryl methyl sites for hydroxylation is 2. The van der Waals surface area contributed by atoms with Crippen LogP contribution in [0.1, 0.15) is 25.0 Å². The Morgan fingerprint density at radius 1 is 1.22 bits per heavy atom. The summed E-state index contributed by atoms with van der Waals surface area (Å²) in [6.45, 7) is 7.79. The number of nitrogens with one attached hydrogen (secondary N) is 1. The average molecular weight is 244 g/mol. The number of hydrogen-bond donors (Lipinski definition) is 2. The van der Waals surface area contributed by atoms with Crippen LogP contribution in [0.15, 0.2) is 40.5 Å². The molecule has 0 heterocycles. The molecule has 18 heavy (non-hydrogen) atoms. The zero-order chi connectivity index (χ0) is 13.5. The molecule has 0 saturated heterocycles. The van der Waals surface area contributed by atoms with E-state index in [1.807, 2.05) is 39.0 Å². The maximum atomic E-state index is 5.81. The summed E-state index contributed by atoms with van der Waals surface area (Å²) < 4.78 is 0. The molecule has 0 aromatic heterocycles. The van der Waals surface area contributed by atoms with Crippen molar-refractivity contribution in [3.63, 3.8) is 0 Å². The van der Waals surface area contributed by atoms with Crippen molar-refractivity contribution in [3.8, 4) is 0 Å². The summed E-state index contributed by atoms with van der Waals surface area (Å²) >= 11 is 0. The van der Waals surface area contributed by atoms with Gasteiger partial charge in [-0.3, -0.25) is 0 Å². The molecule has 3 N–H and O–H groups in total. The minimum absolute atomic E-state index is 0.339. The number of nitrogens with two attached hydrogens (primary N) is 1. The predicted molar refractivity (Wildman–Crippen MR) is 79.1 cm³/mol. The Balaban J connectivity index is 2.80. The van der Waals surface area contributed by atoms with E-state index in [2.05, 4.69) is 21.4 Å². The van der Waals surface area contributed by atoms with Gasteiger partial charge in [-0.25, -0.2) is 9.98 Å². The molecule has 1 rings (SSSR count). The largest absolute Gasteiger partial charge is 0.369 e. The Hall–Kier alpha value is -2.10. The number of allylic oxidation sites excluding steroid dienone is 1. The highest BCUT2D eigenvalue weighted by Crippen LogP contribution is 2.13. The molecule has 0 aliphatic heterocycles. The van der Waals surface area contributed by atoms with E-state index in [0.717, 1.165) is 5.69 Å². The lowest BCUT2D eigenvalue weighted by Crippen LogP contribution is -2.23. The number of benzene rings is 1. The molecular formula is C14H20N4. The molecule has 1 aromatic carbocycles. The van der Waals surface area contributed by atoms with Gasteiger partial charge < -0.3 is 11.1 Å². The zero-order valence-electron chi connectivity index (χ0n) is 11.4. The molecule has 0 radical (unpaired) electrons. The molecule has 96 valence electrons. The van der Waals surface area contributed by atoms with Gasteiger partial charge in [0, 0.05) is 11.9 Å². The fraction of sp³-hybridized carbons (Fsp3) is 0.286. The molecule has 0 unspecified atom stereocenters. The van der Waals surface area contributed by atoms with Crippen LogP contribution < -0.4 is 11.1 Å². The van der Waals surface area contributed by atoms with Crippen LogP contribution in [-0.2, 0) is 0 Å². The molecule has 0 atom stereocenters. The van der Waals surface area contributed by atoms with Gasteiger partial charge in [-0.2, -0.15) is 0 Å². The fourth-order valence-corrected chi connectivity index (χ4v) is 1.61. The van der Waals surface area contributed by atoms with E-state index in [4.69, 9.17) is 5.73 Å². The third-order valence-electron chi connectivity index (χ3n) is 2.19. The van der Waals surface area contributed by atoms with E-state index < -0.39 is 0 Å². The summed E-state index contributed by atoms with van der Waals surface area (Å²) in [6, 6.07) is 6.15. The van der Waals surface area contributed by atoms with Crippen LogP contribution in [0.5, 0.6) is 0 Å². The van der Waals surface area contributed by atoms with E-state index in [-0.39, 0.29) is 0 Å². The number of nitrogens with zero attached hydrogens (tertiary/aromatic N) is 2. The van der Waals surface area contributed by atoms with Crippen molar-refractivity contribution in [1.82, 2.24) is 0 Å². The molecule has 0 aliphatic rings. The normalized spacial score (nSPS) is 13.1. The van der Waals surface area contributed by atoms with Gasteiger partial charge in [0.05, 0.1) is 0 Å². The summed E-state index contributed by atoms with van der Waals surface area (Å²) in [4.78, 5) is 8.24. The van der Waals surface area contributed by atoms with Crippen LogP contribution in [0, 0.1) is 13.8 Å². The molecule has 1 aromatic rings. The zero-order valence-corrected chi connectivity index (χ0v) is 11.4. The van der Waals surface area contributed by atoms with Crippen molar-refractivity contribution >= 4 is 17.5 Å². The topological polar surface area (TPSA) is 62.8 Å². The first-order valence-corrected chi connectivity index (χ1v) is 5.86. The molecule has 0 saturated carbocycles. The van der Waals surface area contributed by atoms with Gasteiger partial charge in [0.1, 0.15) is 5.84 Å². The predicted octanol–water partition coefficient (Wildman–Crippen LogP) is 2.98. The summed E-state index contributed by atoms with van der Waals surface area (Å²) in [6.07, 6.45) is 3.52. The standard InChI is InChI=1S/C14H20N4/c1-5-6-16-12(4)17-14(15)18-13-8-10(2)7-11(3)9-13/h5-9H,1-4H3,(H3,15,16,17,18). The molecular weight excluding hydrogens is 224 g/mol. The number of amidine groups is 1. The summed E-state index contributed by atoms with van der Waals surface area (Å²) in [5, 5.41) is 3.05. The highest BCUT2D eigenvalue weighted by molar-refractivity contribution is 6.01. The Kier molecular flexibility index (Phi) is 5.11. The highest BCUT2D eigenvalue weighted by atomic mass is 15.1. The second-order valence-electron chi connectivity index (χ2n) is 4.16. The lowest BCUT2D eigenvalue weighted by molar-refractivity contribution is 1.37. The van der Waals surface area contributed by atoms with Gasteiger partial charge in [0.15, 0.2) is 5.96 Å². The number of guanidine groups is 1. The number of aliphatic imine (C=N–C) groups is 2. The minimum Gasteiger partial charge on any atom is -0.369 e.